The molecule has 0 saturated carbocycles. The van der Waals surface area contributed by atoms with E-state index in [0.717, 1.165) is 25.5 Å². The average Bonchev–Trinajstić information content (AvgIpc) is 3.29. The fourth-order valence-corrected chi connectivity index (χ4v) is 10.1. The number of rotatable bonds is 19. The molecule has 0 bridgehead atoms. The lowest BCUT2D eigenvalue weighted by Crippen LogP contribution is -2.66. The van der Waals surface area contributed by atoms with Gasteiger partial charge in [0.2, 0.25) is 5.91 Å². The maximum atomic E-state index is 13.8. The first-order valence-electron chi connectivity index (χ1n) is 24.9. The lowest BCUT2D eigenvalue weighted by molar-refractivity contribution is -0.344. The molecule has 396 valence electrons. The van der Waals surface area contributed by atoms with E-state index in [-0.39, 0.29) is 51.0 Å². The number of ether oxygens (including phenoxy) is 9. The summed E-state index contributed by atoms with van der Waals surface area (Å²) in [6.45, 7) is 14.7. The summed E-state index contributed by atoms with van der Waals surface area (Å²) in [6.07, 6.45) is -8.01. The molecule has 2 N–H and O–H groups in total. The molecular weight excluding hydrogens is 911 g/mol. The van der Waals surface area contributed by atoms with Gasteiger partial charge in [0.1, 0.15) is 36.8 Å². The molecule has 70 heavy (non-hydrogen) atoms. The molecule has 0 radical (unpaired) electrons. The molecule has 3 heterocycles. The van der Waals surface area contributed by atoms with Gasteiger partial charge in [-0.2, -0.15) is 0 Å². The topological polar surface area (TPSA) is 224 Å². The third-order valence-electron chi connectivity index (χ3n) is 13.5. The Bertz CT molecular complexity index is 1820. The smallest absolute Gasteiger partial charge is 0.306 e. The quantitative estimate of drug-likeness (QED) is 0.0868. The van der Waals surface area contributed by atoms with Gasteiger partial charge in [-0.05, 0) is 84.5 Å². The monoisotopic (exact) mass is 992 g/mol. The van der Waals surface area contributed by atoms with Crippen molar-refractivity contribution in [3.05, 3.63) is 35.9 Å². The number of aldehydes is 1. The van der Waals surface area contributed by atoms with Gasteiger partial charge >= 0.3 is 23.9 Å². The van der Waals surface area contributed by atoms with Gasteiger partial charge in [-0.3, -0.25) is 28.9 Å². The van der Waals surface area contributed by atoms with Crippen LogP contribution in [0.1, 0.15) is 112 Å². The Hall–Kier alpha value is -4.08. The Balaban J connectivity index is 1.69. The predicted molar refractivity (Wildman–Crippen MR) is 255 cm³/mol. The van der Waals surface area contributed by atoms with Crippen LogP contribution in [-0.2, 0) is 77.8 Å². The summed E-state index contributed by atoms with van der Waals surface area (Å²) in [6, 6.07) is 9.39. The minimum absolute atomic E-state index is 0.000102. The van der Waals surface area contributed by atoms with Crippen molar-refractivity contribution in [1.29, 1.82) is 0 Å². The number of hydrogen-bond donors (Lipinski definition) is 2. The van der Waals surface area contributed by atoms with Crippen molar-refractivity contribution in [2.24, 2.45) is 11.8 Å². The molecule has 1 amide bonds. The molecule has 1 aromatic rings. The van der Waals surface area contributed by atoms with Crippen LogP contribution in [-0.4, -0.2) is 178 Å². The van der Waals surface area contributed by atoms with Gasteiger partial charge in [-0.15, -0.1) is 0 Å². The first kappa shape index (κ1) is 58.5. The minimum Gasteiger partial charge on any atom is -0.461 e. The van der Waals surface area contributed by atoms with Crippen molar-refractivity contribution in [3.8, 4) is 0 Å². The summed E-state index contributed by atoms with van der Waals surface area (Å²) in [7, 11) is 4.90. The molecule has 15 atom stereocenters. The van der Waals surface area contributed by atoms with Gasteiger partial charge in [0.25, 0.3) is 0 Å². The molecule has 0 spiro atoms. The summed E-state index contributed by atoms with van der Waals surface area (Å²) < 4.78 is 55.8. The summed E-state index contributed by atoms with van der Waals surface area (Å²) in [5, 5.41) is 15.3. The molecule has 4 rings (SSSR count). The maximum absolute atomic E-state index is 13.8. The van der Waals surface area contributed by atoms with E-state index in [1.165, 1.54) is 26.5 Å². The fourth-order valence-electron chi connectivity index (χ4n) is 10.1. The van der Waals surface area contributed by atoms with E-state index >= 15 is 0 Å². The number of unbranched alkanes of at least 4 members (excludes halogenated alkanes) is 1. The van der Waals surface area contributed by atoms with Crippen molar-refractivity contribution in [2.45, 2.75) is 192 Å². The van der Waals surface area contributed by atoms with E-state index < -0.39 is 115 Å². The summed E-state index contributed by atoms with van der Waals surface area (Å²) in [4.78, 5) is 81.0. The second-order valence-corrected chi connectivity index (χ2v) is 19.4. The number of hydrogen-bond acceptors (Lipinski definition) is 18. The number of amides is 1. The zero-order chi connectivity index (χ0) is 51.7. The van der Waals surface area contributed by atoms with Gasteiger partial charge in [0, 0.05) is 66.3 Å². The number of benzene rings is 1. The highest BCUT2D eigenvalue weighted by Crippen LogP contribution is 2.39. The van der Waals surface area contributed by atoms with E-state index in [0.29, 0.717) is 19.6 Å². The van der Waals surface area contributed by atoms with Gasteiger partial charge in [0.05, 0.1) is 30.8 Å². The second-order valence-electron chi connectivity index (χ2n) is 19.4. The van der Waals surface area contributed by atoms with Gasteiger partial charge in [-0.25, -0.2) is 0 Å². The predicted octanol–water partition coefficient (Wildman–Crippen LogP) is 3.92. The number of likely N-dealkylation sites (N-methyl/N-ethyl adjacent to an activating group) is 1. The van der Waals surface area contributed by atoms with Crippen molar-refractivity contribution in [1.82, 2.24) is 15.1 Å². The molecule has 5 unspecified atom stereocenters. The van der Waals surface area contributed by atoms with E-state index in [1.54, 1.807) is 53.6 Å². The number of aliphatic hydroxyl groups is 1. The van der Waals surface area contributed by atoms with Crippen molar-refractivity contribution in [3.63, 3.8) is 0 Å². The number of carbonyl (C=O) groups excluding carboxylic acids is 6. The number of aryl methyl sites for hydroxylation is 1. The van der Waals surface area contributed by atoms with Crippen LogP contribution >= 0.6 is 0 Å². The minimum atomic E-state index is -1.43. The number of esters is 4. The third-order valence-corrected chi connectivity index (χ3v) is 13.5. The molecule has 3 saturated heterocycles. The zero-order valence-corrected chi connectivity index (χ0v) is 43.2. The normalized spacial score (nSPS) is 33.8. The average molecular weight is 992 g/mol. The molecule has 3 aliphatic rings. The van der Waals surface area contributed by atoms with Crippen molar-refractivity contribution >= 4 is 36.1 Å². The zero-order valence-electron chi connectivity index (χ0n) is 43.2. The van der Waals surface area contributed by atoms with Crippen LogP contribution in [0.5, 0.6) is 0 Å². The van der Waals surface area contributed by atoms with Crippen LogP contribution in [0, 0.1) is 11.8 Å². The molecule has 1 aromatic carbocycles. The molecule has 19 nitrogen and oxygen atoms in total. The van der Waals surface area contributed by atoms with Crippen molar-refractivity contribution < 1.29 is 76.5 Å². The van der Waals surface area contributed by atoms with Crippen LogP contribution in [0.2, 0.25) is 0 Å². The molecule has 3 fully saturated rings. The Morgan fingerprint density at radius 3 is 2.20 bits per heavy atom. The van der Waals surface area contributed by atoms with Crippen LogP contribution < -0.4 is 5.32 Å². The third kappa shape index (κ3) is 17.0. The molecular formula is C51H81N3O16. The largest absolute Gasteiger partial charge is 0.461 e. The van der Waals surface area contributed by atoms with E-state index in [9.17, 15) is 33.9 Å². The summed E-state index contributed by atoms with van der Waals surface area (Å²) in [5.41, 5.74) is -0.0921. The van der Waals surface area contributed by atoms with Crippen LogP contribution in [0.25, 0.3) is 0 Å². The summed E-state index contributed by atoms with van der Waals surface area (Å²) in [5.74, 6) is -3.63. The maximum Gasteiger partial charge on any atom is 0.306 e. The fraction of sp³-hybridized carbons (Fsp3) is 0.765. The molecule has 3 aliphatic heterocycles. The second kappa shape index (κ2) is 28.2. The van der Waals surface area contributed by atoms with Crippen LogP contribution in [0.4, 0.5) is 0 Å². The van der Waals surface area contributed by atoms with Crippen LogP contribution in [0.15, 0.2) is 30.3 Å². The number of carbonyl (C=O) groups is 6. The number of aliphatic hydroxyl groups excluding tert-OH is 1. The molecule has 0 aromatic heterocycles. The number of methoxy groups -OCH3 is 1. The van der Waals surface area contributed by atoms with Gasteiger partial charge in [0.15, 0.2) is 24.3 Å². The first-order valence-corrected chi connectivity index (χ1v) is 24.9. The van der Waals surface area contributed by atoms with E-state index in [4.69, 9.17) is 42.6 Å². The van der Waals surface area contributed by atoms with Gasteiger partial charge in [-0.1, -0.05) is 51.1 Å². The Morgan fingerprint density at radius 1 is 0.900 bits per heavy atom. The standard InChI is InChI=1S/C51H81N3O16/c1-12-41(59)66-38-28-40(58)52-23-25-54(24-18-17-21-36-19-15-14-16-20-36)30-39(65-34(6)56)31(3)27-37(22-26-55)47(48(38)62-11)69-50-45(61)44(53(9)10)46(32(4)64-50)68-43-29-51(8,70-35(7)57)49(33(5)63-43)67-42(60)13-2/h14-16,19-20,26,31-33,37-39,43-50,61H,12-13,17-18,21-25,27-30H2,1-11H3,(H,52,58)/t31-,32?,33?,37+,38-,39+,43+,44?,45?,46-,47+,48+,49+,50+,51?/m1/s1. The van der Waals surface area contributed by atoms with E-state index in [1.807, 2.05) is 25.1 Å². The van der Waals surface area contributed by atoms with E-state index in [2.05, 4.69) is 22.3 Å². The summed E-state index contributed by atoms with van der Waals surface area (Å²) >= 11 is 0. The van der Waals surface area contributed by atoms with Crippen LogP contribution in [0.3, 0.4) is 0 Å². The SMILES string of the molecule is CCC(=O)O[C@@H]1CC(=O)NCCN(CCCCc2ccccc2)C[C@H](OC(C)=O)[C@H](C)C[C@H](CC=O)[C@H](O[C@@H]2OC(C)[C@@H](O[C@H]3CC(C)(OC(C)=O)[C@@H](OC(=O)CC)C(C)O3)C(N(C)C)C2O)[C@H]1OC. The highest BCUT2D eigenvalue weighted by atomic mass is 16.7. The van der Waals surface area contributed by atoms with Gasteiger partial charge < -0.3 is 62.7 Å². The highest BCUT2D eigenvalue weighted by molar-refractivity contribution is 5.77. The Labute approximate surface area is 414 Å². The Morgan fingerprint density at radius 2 is 1.59 bits per heavy atom. The molecule has 19 heteroatoms. The lowest BCUT2D eigenvalue weighted by atomic mass is 9.82. The number of nitrogens with zero attached hydrogens (tertiary/aromatic N) is 2. The highest BCUT2D eigenvalue weighted by Gasteiger charge is 2.54. The number of nitrogens with one attached hydrogen (secondary N) is 1. The van der Waals surface area contributed by atoms with Crippen molar-refractivity contribution in [2.75, 3.05) is 47.4 Å². The lowest BCUT2D eigenvalue weighted by Gasteiger charge is -2.50. The Kier molecular flexibility index (Phi) is 23.6. The molecule has 0 aliphatic carbocycles. The first-order chi connectivity index (χ1) is 33.2.